The number of halogens is 1. The minimum atomic E-state index is -0.434. The average molecular weight is 353 g/mol. The van der Waals surface area contributed by atoms with Gasteiger partial charge in [0.25, 0.3) is 0 Å². The second-order valence-electron chi connectivity index (χ2n) is 3.76. The first-order valence-electron chi connectivity index (χ1n) is 5.43. The lowest BCUT2D eigenvalue weighted by Crippen LogP contribution is -2.14. The molecule has 0 radical (unpaired) electrons. The molecule has 92 valence electrons. The number of primary amides is 1. The van der Waals surface area contributed by atoms with E-state index in [4.69, 9.17) is 10.5 Å². The summed E-state index contributed by atoms with van der Waals surface area (Å²) in [6.07, 6.45) is 0. The largest absolute Gasteiger partial charge is 0.489 e. The molecule has 0 unspecified atom stereocenters. The van der Waals surface area contributed by atoms with Crippen molar-refractivity contribution in [2.24, 2.45) is 5.73 Å². The molecule has 2 N–H and O–H groups in total. The standard InChI is InChI=1S/C14H12INO2/c15-11-5-7-12(8-6-11)18-9-10-3-1-2-4-13(10)14(16)17/h1-8H,9H2,(H2,16,17). The van der Waals surface area contributed by atoms with Crippen LogP contribution >= 0.6 is 22.6 Å². The Bertz CT molecular complexity index is 552. The number of hydrogen-bond donors (Lipinski definition) is 1. The molecule has 0 spiro atoms. The van der Waals surface area contributed by atoms with E-state index >= 15 is 0 Å². The highest BCUT2D eigenvalue weighted by Gasteiger charge is 2.07. The minimum Gasteiger partial charge on any atom is -0.489 e. The highest BCUT2D eigenvalue weighted by Crippen LogP contribution is 2.16. The molecule has 18 heavy (non-hydrogen) atoms. The fourth-order valence-electron chi connectivity index (χ4n) is 1.58. The van der Waals surface area contributed by atoms with Crippen molar-refractivity contribution >= 4 is 28.5 Å². The molecule has 0 aliphatic heterocycles. The summed E-state index contributed by atoms with van der Waals surface area (Å²) in [5.74, 6) is 0.339. The summed E-state index contributed by atoms with van der Waals surface area (Å²) in [6, 6.07) is 14.9. The van der Waals surface area contributed by atoms with Gasteiger partial charge in [-0.3, -0.25) is 4.79 Å². The van der Waals surface area contributed by atoms with Gasteiger partial charge < -0.3 is 10.5 Å². The molecule has 0 aromatic heterocycles. The van der Waals surface area contributed by atoms with Crippen LogP contribution in [-0.2, 0) is 6.61 Å². The Balaban J connectivity index is 2.10. The van der Waals surface area contributed by atoms with Crippen molar-refractivity contribution in [3.63, 3.8) is 0 Å². The van der Waals surface area contributed by atoms with E-state index in [2.05, 4.69) is 22.6 Å². The number of benzene rings is 2. The molecule has 0 atom stereocenters. The Hall–Kier alpha value is -1.56. The van der Waals surface area contributed by atoms with Gasteiger partial charge in [0.15, 0.2) is 0 Å². The maximum absolute atomic E-state index is 11.2. The van der Waals surface area contributed by atoms with Crippen LogP contribution in [0.5, 0.6) is 5.75 Å². The van der Waals surface area contributed by atoms with Crippen molar-refractivity contribution in [3.05, 3.63) is 63.2 Å². The summed E-state index contributed by atoms with van der Waals surface area (Å²) in [5, 5.41) is 0. The van der Waals surface area contributed by atoms with E-state index in [1.165, 1.54) is 0 Å². The van der Waals surface area contributed by atoms with Crippen molar-refractivity contribution in [1.82, 2.24) is 0 Å². The monoisotopic (exact) mass is 353 g/mol. The Morgan fingerprint density at radius 1 is 1.11 bits per heavy atom. The maximum atomic E-state index is 11.2. The fourth-order valence-corrected chi connectivity index (χ4v) is 1.94. The first kappa shape index (κ1) is 12.9. The van der Waals surface area contributed by atoms with Crippen molar-refractivity contribution in [3.8, 4) is 5.75 Å². The quantitative estimate of drug-likeness (QED) is 0.860. The van der Waals surface area contributed by atoms with Crippen molar-refractivity contribution in [2.45, 2.75) is 6.61 Å². The number of carbonyl (C=O) groups is 1. The molecule has 0 heterocycles. The van der Waals surface area contributed by atoms with Crippen LogP contribution in [0.2, 0.25) is 0 Å². The summed E-state index contributed by atoms with van der Waals surface area (Å²) < 4.78 is 6.78. The summed E-state index contributed by atoms with van der Waals surface area (Å²) in [7, 11) is 0. The third-order valence-corrected chi connectivity index (χ3v) is 3.21. The van der Waals surface area contributed by atoms with Crippen molar-refractivity contribution in [2.75, 3.05) is 0 Å². The molecule has 4 heteroatoms. The lowest BCUT2D eigenvalue weighted by Gasteiger charge is -2.09. The highest BCUT2D eigenvalue weighted by atomic mass is 127. The van der Waals surface area contributed by atoms with Gasteiger partial charge in [0.2, 0.25) is 5.91 Å². The lowest BCUT2D eigenvalue weighted by molar-refractivity contribution is 0.0998. The van der Waals surface area contributed by atoms with Crippen LogP contribution in [0.1, 0.15) is 15.9 Å². The number of ether oxygens (including phenoxy) is 1. The van der Waals surface area contributed by atoms with Gasteiger partial charge in [-0.1, -0.05) is 18.2 Å². The van der Waals surface area contributed by atoms with E-state index < -0.39 is 5.91 Å². The van der Waals surface area contributed by atoms with Gasteiger partial charge in [0.05, 0.1) is 0 Å². The molecule has 1 amide bonds. The summed E-state index contributed by atoms with van der Waals surface area (Å²) in [5.41, 5.74) is 6.61. The van der Waals surface area contributed by atoms with E-state index in [0.29, 0.717) is 12.2 Å². The Morgan fingerprint density at radius 3 is 2.44 bits per heavy atom. The smallest absolute Gasteiger partial charge is 0.249 e. The van der Waals surface area contributed by atoms with Crippen molar-refractivity contribution in [1.29, 1.82) is 0 Å². The van der Waals surface area contributed by atoms with Crippen LogP contribution < -0.4 is 10.5 Å². The van der Waals surface area contributed by atoms with Crippen LogP contribution in [0, 0.1) is 3.57 Å². The van der Waals surface area contributed by atoms with Gasteiger partial charge in [-0.05, 0) is 52.9 Å². The average Bonchev–Trinajstić information content (AvgIpc) is 2.38. The van der Waals surface area contributed by atoms with Crippen molar-refractivity contribution < 1.29 is 9.53 Å². The zero-order valence-corrected chi connectivity index (χ0v) is 11.8. The Kier molecular flexibility index (Phi) is 4.19. The third kappa shape index (κ3) is 3.22. The van der Waals surface area contributed by atoms with E-state index in [0.717, 1.165) is 14.9 Å². The first-order valence-corrected chi connectivity index (χ1v) is 6.51. The van der Waals surface area contributed by atoms with E-state index in [9.17, 15) is 4.79 Å². The molecule has 0 aliphatic carbocycles. The molecule has 3 nitrogen and oxygen atoms in total. The van der Waals surface area contributed by atoms with Gasteiger partial charge in [-0.25, -0.2) is 0 Å². The first-order chi connectivity index (χ1) is 8.66. The number of hydrogen-bond acceptors (Lipinski definition) is 2. The van der Waals surface area contributed by atoms with Crippen LogP contribution in [0.4, 0.5) is 0 Å². The molecular formula is C14H12INO2. The molecule has 0 fully saturated rings. The van der Waals surface area contributed by atoms with Crippen LogP contribution in [0.25, 0.3) is 0 Å². The summed E-state index contributed by atoms with van der Waals surface area (Å²) in [4.78, 5) is 11.2. The maximum Gasteiger partial charge on any atom is 0.249 e. The lowest BCUT2D eigenvalue weighted by atomic mass is 10.1. The molecule has 0 saturated carbocycles. The van der Waals surface area contributed by atoms with Crippen LogP contribution in [-0.4, -0.2) is 5.91 Å². The van der Waals surface area contributed by atoms with Crippen LogP contribution in [0.3, 0.4) is 0 Å². The number of nitrogens with two attached hydrogens (primary N) is 1. The number of carbonyl (C=O) groups excluding carboxylic acids is 1. The molecule has 2 aromatic carbocycles. The van der Waals surface area contributed by atoms with Gasteiger partial charge in [-0.15, -0.1) is 0 Å². The van der Waals surface area contributed by atoms with Gasteiger partial charge >= 0.3 is 0 Å². The second-order valence-corrected chi connectivity index (χ2v) is 5.01. The topological polar surface area (TPSA) is 52.3 Å². The van der Waals surface area contributed by atoms with E-state index in [1.807, 2.05) is 36.4 Å². The molecular weight excluding hydrogens is 341 g/mol. The normalized spacial score (nSPS) is 10.1. The summed E-state index contributed by atoms with van der Waals surface area (Å²) in [6.45, 7) is 0.333. The van der Waals surface area contributed by atoms with Gasteiger partial charge in [0.1, 0.15) is 12.4 Å². The van der Waals surface area contributed by atoms with E-state index in [-0.39, 0.29) is 0 Å². The zero-order chi connectivity index (χ0) is 13.0. The SMILES string of the molecule is NC(=O)c1ccccc1COc1ccc(I)cc1. The molecule has 2 rings (SSSR count). The van der Waals surface area contributed by atoms with Crippen LogP contribution in [0.15, 0.2) is 48.5 Å². The molecule has 0 aliphatic rings. The molecule has 0 saturated heterocycles. The zero-order valence-electron chi connectivity index (χ0n) is 9.60. The Morgan fingerprint density at radius 2 is 1.78 bits per heavy atom. The predicted octanol–water partition coefficient (Wildman–Crippen LogP) is 2.97. The number of amides is 1. The molecule has 2 aromatic rings. The fraction of sp³-hybridized carbons (Fsp3) is 0.0714. The highest BCUT2D eigenvalue weighted by molar-refractivity contribution is 14.1. The second kappa shape index (κ2) is 5.86. The number of rotatable bonds is 4. The minimum absolute atomic E-state index is 0.333. The Labute approximate surface area is 119 Å². The van der Waals surface area contributed by atoms with E-state index in [1.54, 1.807) is 12.1 Å². The third-order valence-electron chi connectivity index (χ3n) is 2.49. The predicted molar refractivity (Wildman–Crippen MR) is 78.5 cm³/mol. The van der Waals surface area contributed by atoms with Gasteiger partial charge in [-0.2, -0.15) is 0 Å². The summed E-state index contributed by atoms with van der Waals surface area (Å²) >= 11 is 2.23. The van der Waals surface area contributed by atoms with Gasteiger partial charge in [0, 0.05) is 14.7 Å². The molecule has 0 bridgehead atoms.